The number of aromatic nitrogens is 3. The van der Waals surface area contributed by atoms with Gasteiger partial charge in [0, 0.05) is 13.1 Å². The zero-order chi connectivity index (χ0) is 16.3. The average Bonchev–Trinajstić information content (AvgIpc) is 2.94. The molecule has 1 amide bonds. The molecule has 116 valence electrons. The Kier molecular flexibility index (Phi) is 4.62. The molecule has 0 atom stereocenters. The van der Waals surface area contributed by atoms with Crippen molar-refractivity contribution in [1.82, 2.24) is 15.0 Å². The molecule has 0 unspecified atom stereocenters. The topological polar surface area (TPSA) is 95.3 Å². The van der Waals surface area contributed by atoms with E-state index in [-0.39, 0.29) is 27.7 Å². The number of rotatable bonds is 4. The first kappa shape index (κ1) is 15.8. The van der Waals surface area contributed by atoms with Crippen LogP contribution >= 0.6 is 11.6 Å². The van der Waals surface area contributed by atoms with Crippen molar-refractivity contribution in [3.63, 3.8) is 0 Å². The smallest absolute Gasteiger partial charge is 0.341 e. The van der Waals surface area contributed by atoms with Crippen molar-refractivity contribution in [3.05, 3.63) is 34.6 Å². The molecule has 1 heterocycles. The third-order valence-corrected chi connectivity index (χ3v) is 3.09. The summed E-state index contributed by atoms with van der Waals surface area (Å²) in [6, 6.07) is 2.79. The van der Waals surface area contributed by atoms with Gasteiger partial charge < -0.3 is 14.8 Å². The standard InChI is InChI=1S/C13H13ClN4O4/c1-18-6-10(16-17-18)12(19)15-9-5-11(21-2)7(4-8(9)14)13(20)22-3/h4-6H,1-3H3,(H,15,19). The van der Waals surface area contributed by atoms with Crippen LogP contribution in [0.3, 0.4) is 0 Å². The number of aryl methyl sites for hydroxylation is 1. The maximum absolute atomic E-state index is 12.0. The summed E-state index contributed by atoms with van der Waals surface area (Å²) in [5.74, 6) is -0.848. The number of anilines is 1. The Balaban J connectivity index is 2.32. The Morgan fingerprint density at radius 2 is 2.05 bits per heavy atom. The fourth-order valence-electron chi connectivity index (χ4n) is 1.73. The first-order valence-corrected chi connectivity index (χ1v) is 6.47. The minimum atomic E-state index is -0.592. The predicted octanol–water partition coefficient (Wildman–Crippen LogP) is 1.52. The lowest BCUT2D eigenvalue weighted by atomic mass is 10.1. The van der Waals surface area contributed by atoms with E-state index in [1.807, 2.05) is 0 Å². The monoisotopic (exact) mass is 324 g/mol. The van der Waals surface area contributed by atoms with Crippen molar-refractivity contribution in [3.8, 4) is 5.75 Å². The summed E-state index contributed by atoms with van der Waals surface area (Å²) in [5.41, 5.74) is 0.573. The van der Waals surface area contributed by atoms with Gasteiger partial charge in [-0.3, -0.25) is 9.48 Å². The number of carbonyl (C=O) groups excluding carboxylic acids is 2. The Bertz CT molecular complexity index is 729. The van der Waals surface area contributed by atoms with Crippen molar-refractivity contribution >= 4 is 29.2 Å². The van der Waals surface area contributed by atoms with Gasteiger partial charge in [0.25, 0.3) is 5.91 Å². The van der Waals surface area contributed by atoms with E-state index in [0.29, 0.717) is 0 Å². The number of carbonyl (C=O) groups is 2. The molecule has 0 bridgehead atoms. The van der Waals surface area contributed by atoms with E-state index in [1.54, 1.807) is 7.05 Å². The molecule has 0 aliphatic carbocycles. The van der Waals surface area contributed by atoms with Gasteiger partial charge in [0.05, 0.1) is 31.1 Å². The number of nitrogens with zero attached hydrogens (tertiary/aromatic N) is 3. The highest BCUT2D eigenvalue weighted by Gasteiger charge is 2.18. The van der Waals surface area contributed by atoms with Crippen molar-refractivity contribution < 1.29 is 19.1 Å². The van der Waals surface area contributed by atoms with Gasteiger partial charge in [-0.2, -0.15) is 0 Å². The number of methoxy groups -OCH3 is 2. The lowest BCUT2D eigenvalue weighted by molar-refractivity contribution is 0.0597. The third kappa shape index (κ3) is 3.17. The molecule has 1 aromatic carbocycles. The van der Waals surface area contributed by atoms with E-state index in [4.69, 9.17) is 16.3 Å². The molecule has 0 radical (unpaired) electrons. The van der Waals surface area contributed by atoms with Gasteiger partial charge in [0.15, 0.2) is 5.69 Å². The van der Waals surface area contributed by atoms with Crippen LogP contribution in [-0.4, -0.2) is 41.1 Å². The summed E-state index contributed by atoms with van der Waals surface area (Å²) in [5, 5.41) is 10.1. The molecule has 0 spiro atoms. The van der Waals surface area contributed by atoms with E-state index in [9.17, 15) is 9.59 Å². The summed E-state index contributed by atoms with van der Waals surface area (Å²) in [4.78, 5) is 23.7. The van der Waals surface area contributed by atoms with Gasteiger partial charge in [0.2, 0.25) is 0 Å². The summed E-state index contributed by atoms with van der Waals surface area (Å²) in [6.07, 6.45) is 1.46. The van der Waals surface area contributed by atoms with Gasteiger partial charge in [-0.05, 0) is 6.07 Å². The quantitative estimate of drug-likeness (QED) is 0.857. The zero-order valence-electron chi connectivity index (χ0n) is 12.1. The Morgan fingerprint density at radius 3 is 2.59 bits per heavy atom. The number of amides is 1. The zero-order valence-corrected chi connectivity index (χ0v) is 12.8. The fraction of sp³-hybridized carbons (Fsp3) is 0.231. The predicted molar refractivity (Wildman–Crippen MR) is 78.3 cm³/mol. The third-order valence-electron chi connectivity index (χ3n) is 2.78. The second-order valence-electron chi connectivity index (χ2n) is 4.26. The molecule has 1 N–H and O–H groups in total. The van der Waals surface area contributed by atoms with Gasteiger partial charge >= 0.3 is 5.97 Å². The Labute approximate surface area is 131 Å². The molecule has 2 rings (SSSR count). The number of benzene rings is 1. The van der Waals surface area contributed by atoms with Crippen LogP contribution < -0.4 is 10.1 Å². The maximum Gasteiger partial charge on any atom is 0.341 e. The molecule has 2 aromatic rings. The number of halogens is 1. The Morgan fingerprint density at radius 1 is 1.32 bits per heavy atom. The molecule has 8 nitrogen and oxygen atoms in total. The minimum absolute atomic E-state index is 0.134. The van der Waals surface area contributed by atoms with Crippen molar-refractivity contribution in [2.45, 2.75) is 0 Å². The highest BCUT2D eigenvalue weighted by atomic mass is 35.5. The van der Waals surface area contributed by atoms with Crippen LogP contribution in [0, 0.1) is 0 Å². The molecule has 0 saturated heterocycles. The largest absolute Gasteiger partial charge is 0.496 e. The molecule has 1 aromatic heterocycles. The van der Waals surface area contributed by atoms with Crippen molar-refractivity contribution in [1.29, 1.82) is 0 Å². The lowest BCUT2D eigenvalue weighted by Crippen LogP contribution is -2.13. The normalized spacial score (nSPS) is 10.2. The van der Waals surface area contributed by atoms with E-state index in [0.717, 1.165) is 0 Å². The van der Waals surface area contributed by atoms with Gasteiger partial charge in [-0.25, -0.2) is 4.79 Å². The first-order chi connectivity index (χ1) is 10.5. The molecule has 0 fully saturated rings. The number of hydrogen-bond acceptors (Lipinski definition) is 6. The van der Waals surface area contributed by atoms with Gasteiger partial charge in [0.1, 0.15) is 11.3 Å². The van der Waals surface area contributed by atoms with Crippen LogP contribution in [0.15, 0.2) is 18.3 Å². The second-order valence-corrected chi connectivity index (χ2v) is 4.66. The summed E-state index contributed by atoms with van der Waals surface area (Å²) < 4.78 is 11.2. The number of hydrogen-bond donors (Lipinski definition) is 1. The van der Waals surface area contributed by atoms with Crippen LogP contribution in [0.25, 0.3) is 0 Å². The second kappa shape index (κ2) is 6.44. The van der Waals surface area contributed by atoms with Gasteiger partial charge in [-0.1, -0.05) is 16.8 Å². The summed E-state index contributed by atoms with van der Waals surface area (Å²) in [7, 11) is 4.29. The van der Waals surface area contributed by atoms with E-state index >= 15 is 0 Å². The van der Waals surface area contributed by atoms with E-state index in [1.165, 1.54) is 37.2 Å². The maximum atomic E-state index is 12.0. The van der Waals surface area contributed by atoms with Crippen LogP contribution in [0.2, 0.25) is 5.02 Å². The summed E-state index contributed by atoms with van der Waals surface area (Å²) in [6.45, 7) is 0. The lowest BCUT2D eigenvalue weighted by Gasteiger charge is -2.11. The number of nitrogens with one attached hydrogen (secondary N) is 1. The minimum Gasteiger partial charge on any atom is -0.496 e. The average molecular weight is 325 g/mol. The van der Waals surface area contributed by atoms with Crippen LogP contribution in [-0.2, 0) is 11.8 Å². The van der Waals surface area contributed by atoms with E-state index < -0.39 is 11.9 Å². The molecule has 0 saturated carbocycles. The van der Waals surface area contributed by atoms with E-state index in [2.05, 4.69) is 20.4 Å². The van der Waals surface area contributed by atoms with Crippen LogP contribution in [0.4, 0.5) is 5.69 Å². The highest BCUT2D eigenvalue weighted by Crippen LogP contribution is 2.31. The SMILES string of the molecule is COC(=O)c1cc(Cl)c(NC(=O)c2cn(C)nn2)cc1OC. The highest BCUT2D eigenvalue weighted by molar-refractivity contribution is 6.34. The van der Waals surface area contributed by atoms with Crippen molar-refractivity contribution in [2.24, 2.45) is 7.05 Å². The molecular formula is C13H13ClN4O4. The van der Waals surface area contributed by atoms with Crippen LogP contribution in [0.5, 0.6) is 5.75 Å². The summed E-state index contributed by atoms with van der Waals surface area (Å²) >= 11 is 6.08. The number of ether oxygens (including phenoxy) is 2. The molecule has 22 heavy (non-hydrogen) atoms. The number of esters is 1. The molecule has 0 aliphatic rings. The Hall–Kier alpha value is -2.61. The molecule has 0 aliphatic heterocycles. The molecular weight excluding hydrogens is 312 g/mol. The van der Waals surface area contributed by atoms with Crippen LogP contribution in [0.1, 0.15) is 20.8 Å². The fourth-order valence-corrected chi connectivity index (χ4v) is 1.94. The van der Waals surface area contributed by atoms with Crippen molar-refractivity contribution in [2.75, 3.05) is 19.5 Å². The van der Waals surface area contributed by atoms with Gasteiger partial charge in [-0.15, -0.1) is 5.10 Å². The first-order valence-electron chi connectivity index (χ1n) is 6.09. The molecule has 9 heteroatoms.